The number of hydrogen-bond donors (Lipinski definition) is 0. The van der Waals surface area contributed by atoms with Gasteiger partial charge >= 0.3 is 0 Å². The molecule has 0 amide bonds. The first-order valence-electron chi connectivity index (χ1n) is 11.4. The van der Waals surface area contributed by atoms with Crippen molar-refractivity contribution in [3.8, 4) is 0 Å². The summed E-state index contributed by atoms with van der Waals surface area (Å²) in [6.07, 6.45) is -1.16. The Labute approximate surface area is 203 Å². The number of para-hydroxylation sites is 1. The van der Waals surface area contributed by atoms with Crippen molar-refractivity contribution < 1.29 is 19.2 Å². The highest BCUT2D eigenvalue weighted by Crippen LogP contribution is 2.37. The standard InChI is InChI=1S/C30H23NO4/c32-27(21-13-5-1-6-14-21)25-26(28(33)22-15-7-2-8-16-22)31(24-19-11-4-12-20-24)35-30(25)29(34)23-17-9-3-10-18-23/h1-20,25-26,30H. The molecule has 4 aromatic carbocycles. The minimum atomic E-state index is -1.16. The number of ketones is 3. The second-order valence-electron chi connectivity index (χ2n) is 8.35. The molecule has 0 radical (unpaired) electrons. The Hall–Kier alpha value is -4.35. The molecule has 1 aliphatic heterocycles. The van der Waals surface area contributed by atoms with Crippen LogP contribution >= 0.6 is 0 Å². The van der Waals surface area contributed by atoms with Crippen LogP contribution in [0.15, 0.2) is 121 Å². The van der Waals surface area contributed by atoms with E-state index in [1.54, 1.807) is 84.9 Å². The van der Waals surface area contributed by atoms with Gasteiger partial charge in [-0.1, -0.05) is 109 Å². The highest BCUT2D eigenvalue weighted by molar-refractivity contribution is 6.12. The summed E-state index contributed by atoms with van der Waals surface area (Å²) in [4.78, 5) is 47.7. The second-order valence-corrected chi connectivity index (χ2v) is 8.35. The average Bonchev–Trinajstić information content (AvgIpc) is 3.34. The van der Waals surface area contributed by atoms with E-state index in [1.165, 1.54) is 5.06 Å². The fourth-order valence-electron chi connectivity index (χ4n) is 4.46. The number of hydroxylamine groups is 1. The summed E-state index contributed by atoms with van der Waals surface area (Å²) in [5.74, 6) is -1.98. The molecule has 4 aromatic rings. The van der Waals surface area contributed by atoms with Crippen LogP contribution in [0.25, 0.3) is 0 Å². The quantitative estimate of drug-likeness (QED) is 0.343. The molecule has 1 aliphatic rings. The van der Waals surface area contributed by atoms with Crippen LogP contribution in [-0.2, 0) is 4.84 Å². The third-order valence-corrected chi connectivity index (χ3v) is 6.16. The van der Waals surface area contributed by atoms with Crippen LogP contribution in [0.1, 0.15) is 31.1 Å². The van der Waals surface area contributed by atoms with Gasteiger partial charge in [0.1, 0.15) is 6.04 Å². The number of hydrogen-bond acceptors (Lipinski definition) is 5. The zero-order valence-corrected chi connectivity index (χ0v) is 18.9. The maximum atomic E-state index is 13.9. The predicted octanol–water partition coefficient (Wildman–Crippen LogP) is 5.44. The molecular weight excluding hydrogens is 438 g/mol. The Kier molecular flexibility index (Phi) is 6.33. The number of Topliss-reactive ketones (excluding diaryl/α,β-unsaturated/α-hetero) is 3. The Morgan fingerprint density at radius 2 is 0.914 bits per heavy atom. The number of benzene rings is 4. The summed E-state index contributed by atoms with van der Waals surface area (Å²) in [7, 11) is 0. The van der Waals surface area contributed by atoms with Gasteiger partial charge in [0.15, 0.2) is 23.5 Å². The molecule has 0 N–H and O–H groups in total. The highest BCUT2D eigenvalue weighted by atomic mass is 16.7. The van der Waals surface area contributed by atoms with Crippen LogP contribution in [0.4, 0.5) is 5.69 Å². The zero-order valence-electron chi connectivity index (χ0n) is 18.9. The second kappa shape index (κ2) is 9.87. The van der Waals surface area contributed by atoms with Crippen molar-refractivity contribution in [3.05, 3.63) is 138 Å². The fourth-order valence-corrected chi connectivity index (χ4v) is 4.46. The van der Waals surface area contributed by atoms with Gasteiger partial charge < -0.3 is 0 Å². The fraction of sp³-hybridized carbons (Fsp3) is 0.100. The Morgan fingerprint density at radius 3 is 1.40 bits per heavy atom. The largest absolute Gasteiger partial charge is 0.294 e. The number of rotatable bonds is 7. The van der Waals surface area contributed by atoms with Gasteiger partial charge in [-0.3, -0.25) is 19.2 Å². The van der Waals surface area contributed by atoms with Crippen LogP contribution in [0.3, 0.4) is 0 Å². The molecule has 35 heavy (non-hydrogen) atoms. The van der Waals surface area contributed by atoms with E-state index in [-0.39, 0.29) is 17.3 Å². The van der Waals surface area contributed by atoms with Gasteiger partial charge in [-0.2, -0.15) is 0 Å². The molecule has 0 aliphatic carbocycles. The van der Waals surface area contributed by atoms with Crippen molar-refractivity contribution >= 4 is 23.0 Å². The van der Waals surface area contributed by atoms with Crippen LogP contribution in [0.5, 0.6) is 0 Å². The van der Waals surface area contributed by atoms with E-state index in [9.17, 15) is 14.4 Å². The van der Waals surface area contributed by atoms with E-state index in [1.807, 2.05) is 36.4 Å². The maximum Gasteiger partial charge on any atom is 0.195 e. The topological polar surface area (TPSA) is 63.7 Å². The molecule has 1 heterocycles. The van der Waals surface area contributed by atoms with Crippen molar-refractivity contribution in [3.63, 3.8) is 0 Å². The van der Waals surface area contributed by atoms with Gasteiger partial charge in [0.2, 0.25) is 0 Å². The third kappa shape index (κ3) is 4.42. The van der Waals surface area contributed by atoms with E-state index < -0.39 is 18.1 Å². The van der Waals surface area contributed by atoms with Gasteiger partial charge in [-0.15, -0.1) is 0 Å². The summed E-state index contributed by atoms with van der Waals surface area (Å²) in [5, 5.41) is 1.44. The first kappa shape index (κ1) is 22.4. The lowest BCUT2D eigenvalue weighted by Gasteiger charge is -2.25. The van der Waals surface area contributed by atoms with Crippen molar-refractivity contribution in [2.24, 2.45) is 5.92 Å². The number of carbonyl (C=O) groups is 3. The SMILES string of the molecule is O=C(c1ccccc1)C1ON(c2ccccc2)C(C(=O)c2ccccc2)C1C(=O)c1ccccc1. The van der Waals surface area contributed by atoms with Crippen LogP contribution in [0, 0.1) is 5.92 Å². The minimum Gasteiger partial charge on any atom is -0.294 e. The zero-order chi connectivity index (χ0) is 24.2. The molecule has 3 unspecified atom stereocenters. The highest BCUT2D eigenvalue weighted by Gasteiger charge is 2.54. The first-order valence-corrected chi connectivity index (χ1v) is 11.4. The smallest absolute Gasteiger partial charge is 0.195 e. The number of anilines is 1. The molecule has 1 fully saturated rings. The summed E-state index contributed by atoms with van der Waals surface area (Å²) in [6, 6.07) is 34.3. The van der Waals surface area contributed by atoms with Gasteiger partial charge in [0, 0.05) is 16.7 Å². The Morgan fingerprint density at radius 1 is 0.514 bits per heavy atom. The molecule has 5 rings (SSSR count). The summed E-state index contributed by atoms with van der Waals surface area (Å²) in [5.41, 5.74) is 1.88. The van der Waals surface area contributed by atoms with E-state index in [2.05, 4.69) is 0 Å². The van der Waals surface area contributed by atoms with Gasteiger partial charge in [0.05, 0.1) is 11.6 Å². The Balaban J connectivity index is 1.65. The lowest BCUT2D eigenvalue weighted by atomic mass is 9.81. The number of carbonyl (C=O) groups excluding carboxylic acids is 3. The van der Waals surface area contributed by atoms with Crippen molar-refractivity contribution in [2.45, 2.75) is 12.1 Å². The van der Waals surface area contributed by atoms with Crippen LogP contribution in [-0.4, -0.2) is 29.5 Å². The van der Waals surface area contributed by atoms with Gasteiger partial charge in [-0.25, -0.2) is 5.06 Å². The van der Waals surface area contributed by atoms with E-state index in [0.29, 0.717) is 22.4 Å². The van der Waals surface area contributed by atoms with Crippen molar-refractivity contribution in [2.75, 3.05) is 5.06 Å². The molecule has 0 spiro atoms. The van der Waals surface area contributed by atoms with Gasteiger partial charge in [-0.05, 0) is 12.1 Å². The minimum absolute atomic E-state index is 0.285. The number of nitrogens with zero attached hydrogens (tertiary/aromatic N) is 1. The molecule has 5 heteroatoms. The van der Waals surface area contributed by atoms with Crippen LogP contribution in [0.2, 0.25) is 0 Å². The molecule has 0 bridgehead atoms. The summed E-state index contributed by atoms with van der Waals surface area (Å²) >= 11 is 0. The molecule has 3 atom stereocenters. The lowest BCUT2D eigenvalue weighted by molar-refractivity contribution is 0.0462. The lowest BCUT2D eigenvalue weighted by Crippen LogP contribution is -2.44. The first-order chi connectivity index (χ1) is 17.1. The molecule has 5 nitrogen and oxygen atoms in total. The van der Waals surface area contributed by atoms with E-state index >= 15 is 0 Å². The van der Waals surface area contributed by atoms with Crippen LogP contribution < -0.4 is 5.06 Å². The third-order valence-electron chi connectivity index (χ3n) is 6.16. The van der Waals surface area contributed by atoms with Crippen molar-refractivity contribution in [1.82, 2.24) is 0 Å². The monoisotopic (exact) mass is 461 g/mol. The van der Waals surface area contributed by atoms with E-state index in [4.69, 9.17) is 4.84 Å². The van der Waals surface area contributed by atoms with Gasteiger partial charge in [0.25, 0.3) is 0 Å². The Bertz CT molecular complexity index is 1320. The summed E-state index contributed by atoms with van der Waals surface area (Å²) < 4.78 is 0. The average molecular weight is 462 g/mol. The molecule has 172 valence electrons. The molecule has 1 saturated heterocycles. The molecule has 0 aromatic heterocycles. The maximum absolute atomic E-state index is 13.9. The molecule has 0 saturated carbocycles. The normalized spacial score (nSPS) is 19.3. The summed E-state index contributed by atoms with van der Waals surface area (Å²) in [6.45, 7) is 0. The van der Waals surface area contributed by atoms with E-state index in [0.717, 1.165) is 0 Å². The van der Waals surface area contributed by atoms with Crippen molar-refractivity contribution in [1.29, 1.82) is 0 Å². The predicted molar refractivity (Wildman–Crippen MR) is 133 cm³/mol. The molecular formula is C30H23NO4.